The van der Waals surface area contributed by atoms with Crippen LogP contribution in [0.25, 0.3) is 0 Å². The molecule has 1 aliphatic rings. The van der Waals surface area contributed by atoms with Crippen molar-refractivity contribution in [1.82, 2.24) is 10.6 Å². The van der Waals surface area contributed by atoms with Crippen molar-refractivity contribution in [2.75, 3.05) is 26.3 Å². The van der Waals surface area contributed by atoms with Crippen LogP contribution in [0.2, 0.25) is 0 Å². The normalized spacial score (nSPS) is 15.6. The molecule has 1 heterocycles. The number of aliphatic imine (C=N–C) groups is 1. The van der Waals surface area contributed by atoms with E-state index >= 15 is 0 Å². The van der Waals surface area contributed by atoms with Crippen LogP contribution in [0.5, 0.6) is 0 Å². The summed E-state index contributed by atoms with van der Waals surface area (Å²) in [6, 6.07) is 14.3. The van der Waals surface area contributed by atoms with Gasteiger partial charge in [0.15, 0.2) is 5.96 Å². The Balaban J connectivity index is 0.00000320. The average molecular weight is 525 g/mol. The Morgan fingerprint density at radius 3 is 2.60 bits per heavy atom. The lowest BCUT2D eigenvalue weighted by atomic mass is 9.83. The van der Waals surface area contributed by atoms with Gasteiger partial charge in [0.25, 0.3) is 0 Å². The van der Waals surface area contributed by atoms with Gasteiger partial charge in [-0.25, -0.2) is 4.99 Å². The molecule has 0 aliphatic heterocycles. The molecule has 0 radical (unpaired) electrons. The number of halogens is 1. The van der Waals surface area contributed by atoms with Crippen molar-refractivity contribution in [3.63, 3.8) is 0 Å². The molecule has 30 heavy (non-hydrogen) atoms. The molecule has 1 aliphatic carbocycles. The van der Waals surface area contributed by atoms with Gasteiger partial charge in [-0.15, -0.1) is 24.0 Å². The Kier molecular flexibility index (Phi) is 11.3. The molecule has 1 aromatic heterocycles. The first-order valence-corrected chi connectivity index (χ1v) is 11.0. The summed E-state index contributed by atoms with van der Waals surface area (Å²) < 4.78 is 11.1. The quantitative estimate of drug-likeness (QED) is 0.184. The predicted molar refractivity (Wildman–Crippen MR) is 133 cm³/mol. The molecule has 1 aromatic carbocycles. The van der Waals surface area contributed by atoms with Gasteiger partial charge in [0, 0.05) is 32.7 Å². The van der Waals surface area contributed by atoms with Crippen molar-refractivity contribution in [2.45, 2.75) is 52.0 Å². The zero-order valence-corrected chi connectivity index (χ0v) is 20.4. The van der Waals surface area contributed by atoms with E-state index in [1.807, 2.05) is 18.2 Å². The molecule has 2 aromatic rings. The molecular formula is C24H36IN3O2. The summed E-state index contributed by atoms with van der Waals surface area (Å²) in [4.78, 5) is 4.83. The fourth-order valence-electron chi connectivity index (χ4n) is 4.03. The first kappa shape index (κ1) is 24.7. The van der Waals surface area contributed by atoms with Gasteiger partial charge < -0.3 is 19.8 Å². The molecule has 1 fully saturated rings. The van der Waals surface area contributed by atoms with E-state index in [9.17, 15) is 0 Å². The molecule has 0 atom stereocenters. The first-order valence-electron chi connectivity index (χ1n) is 11.0. The number of furan rings is 1. The Morgan fingerprint density at radius 1 is 1.10 bits per heavy atom. The minimum atomic E-state index is 0. The minimum absolute atomic E-state index is 0. The van der Waals surface area contributed by atoms with Gasteiger partial charge >= 0.3 is 0 Å². The number of benzene rings is 1. The number of rotatable bonds is 11. The largest absolute Gasteiger partial charge is 0.469 e. The first-order chi connectivity index (χ1) is 14.3. The smallest absolute Gasteiger partial charge is 0.191 e. The number of nitrogens with one attached hydrogen (secondary N) is 2. The number of guanidine groups is 1. The summed E-state index contributed by atoms with van der Waals surface area (Å²) in [5, 5.41) is 7.12. The SMILES string of the molecule is CCOCCC1(CNC(=NCc2ccccc2)NCCc2ccco2)CCCC1.I. The van der Waals surface area contributed by atoms with Crippen molar-refractivity contribution in [3.05, 3.63) is 60.1 Å². The monoisotopic (exact) mass is 525 g/mol. The van der Waals surface area contributed by atoms with Gasteiger partial charge in [0.05, 0.1) is 12.8 Å². The summed E-state index contributed by atoms with van der Waals surface area (Å²) >= 11 is 0. The number of ether oxygens (including phenoxy) is 1. The fraction of sp³-hybridized carbons (Fsp3) is 0.542. The van der Waals surface area contributed by atoms with Crippen LogP contribution >= 0.6 is 24.0 Å². The standard InChI is InChI=1S/C24H35N3O2.HI/c1-2-28-18-15-24(13-6-7-14-24)20-27-23(25-16-12-22-11-8-17-29-22)26-19-21-9-4-3-5-10-21;/h3-5,8-11,17H,2,6-7,12-16,18-20H2,1H3,(H2,25,26,27);1H. The summed E-state index contributed by atoms with van der Waals surface area (Å²) in [7, 11) is 0. The maximum absolute atomic E-state index is 5.65. The molecule has 0 saturated heterocycles. The third-order valence-corrected chi connectivity index (χ3v) is 5.78. The Hall–Kier alpha value is -1.54. The highest BCUT2D eigenvalue weighted by molar-refractivity contribution is 14.0. The second-order valence-electron chi connectivity index (χ2n) is 7.91. The van der Waals surface area contributed by atoms with E-state index in [4.69, 9.17) is 14.1 Å². The van der Waals surface area contributed by atoms with Crippen molar-refractivity contribution < 1.29 is 9.15 Å². The van der Waals surface area contributed by atoms with Crippen LogP contribution < -0.4 is 10.6 Å². The van der Waals surface area contributed by atoms with Gasteiger partial charge in [0.2, 0.25) is 0 Å². The number of nitrogens with zero attached hydrogens (tertiary/aromatic N) is 1. The number of hydrogen-bond acceptors (Lipinski definition) is 3. The maximum atomic E-state index is 5.65. The van der Waals surface area contributed by atoms with Gasteiger partial charge in [-0.2, -0.15) is 0 Å². The van der Waals surface area contributed by atoms with E-state index in [0.717, 1.165) is 50.9 Å². The van der Waals surface area contributed by atoms with Crippen molar-refractivity contribution >= 4 is 29.9 Å². The van der Waals surface area contributed by atoms with Crippen LogP contribution in [0.4, 0.5) is 0 Å². The highest BCUT2D eigenvalue weighted by atomic mass is 127. The molecule has 2 N–H and O–H groups in total. The van der Waals surface area contributed by atoms with Crippen molar-refractivity contribution in [2.24, 2.45) is 10.4 Å². The molecule has 5 nitrogen and oxygen atoms in total. The van der Waals surface area contributed by atoms with Gasteiger partial charge in [-0.3, -0.25) is 0 Å². The Bertz CT molecular complexity index is 713. The second kappa shape index (κ2) is 13.7. The van der Waals surface area contributed by atoms with E-state index in [2.05, 4.69) is 41.8 Å². The summed E-state index contributed by atoms with van der Waals surface area (Å²) in [6.45, 7) is 6.11. The molecule has 0 bridgehead atoms. The fourth-order valence-corrected chi connectivity index (χ4v) is 4.03. The van der Waals surface area contributed by atoms with Crippen LogP contribution in [0, 0.1) is 5.41 Å². The predicted octanol–water partition coefficient (Wildman–Crippen LogP) is 5.16. The molecule has 1 saturated carbocycles. The summed E-state index contributed by atoms with van der Waals surface area (Å²) in [5.41, 5.74) is 1.54. The highest BCUT2D eigenvalue weighted by Gasteiger charge is 2.33. The molecule has 166 valence electrons. The second-order valence-corrected chi connectivity index (χ2v) is 7.91. The third-order valence-electron chi connectivity index (χ3n) is 5.78. The van der Waals surface area contributed by atoms with Crippen LogP contribution in [0.15, 0.2) is 58.1 Å². The number of hydrogen-bond donors (Lipinski definition) is 2. The molecular weight excluding hydrogens is 489 g/mol. The van der Waals surface area contributed by atoms with E-state index in [-0.39, 0.29) is 24.0 Å². The van der Waals surface area contributed by atoms with Crippen molar-refractivity contribution in [3.8, 4) is 0 Å². The lowest BCUT2D eigenvalue weighted by molar-refractivity contribution is 0.105. The van der Waals surface area contributed by atoms with Gasteiger partial charge in [0.1, 0.15) is 5.76 Å². The molecule has 6 heteroatoms. The zero-order valence-electron chi connectivity index (χ0n) is 18.1. The van der Waals surface area contributed by atoms with Crippen LogP contribution in [0.3, 0.4) is 0 Å². The van der Waals surface area contributed by atoms with E-state index < -0.39 is 0 Å². The van der Waals surface area contributed by atoms with E-state index in [0.29, 0.717) is 12.0 Å². The van der Waals surface area contributed by atoms with Crippen molar-refractivity contribution in [1.29, 1.82) is 0 Å². The highest BCUT2D eigenvalue weighted by Crippen LogP contribution is 2.40. The van der Waals surface area contributed by atoms with E-state index in [1.165, 1.54) is 31.2 Å². The third kappa shape index (κ3) is 8.30. The van der Waals surface area contributed by atoms with Gasteiger partial charge in [-0.05, 0) is 49.3 Å². The molecule has 0 amide bonds. The Labute approximate surface area is 198 Å². The molecule has 0 spiro atoms. The lowest BCUT2D eigenvalue weighted by Crippen LogP contribution is -2.44. The molecule has 3 rings (SSSR count). The lowest BCUT2D eigenvalue weighted by Gasteiger charge is -2.30. The minimum Gasteiger partial charge on any atom is -0.469 e. The average Bonchev–Trinajstić information content (AvgIpc) is 3.43. The van der Waals surface area contributed by atoms with E-state index in [1.54, 1.807) is 6.26 Å². The summed E-state index contributed by atoms with van der Waals surface area (Å²) in [5.74, 6) is 1.87. The topological polar surface area (TPSA) is 58.8 Å². The Morgan fingerprint density at radius 2 is 1.90 bits per heavy atom. The molecule has 0 unspecified atom stereocenters. The summed E-state index contributed by atoms with van der Waals surface area (Å²) in [6.07, 6.45) is 8.85. The maximum Gasteiger partial charge on any atom is 0.191 e. The van der Waals surface area contributed by atoms with Crippen LogP contribution in [-0.4, -0.2) is 32.3 Å². The van der Waals surface area contributed by atoms with Gasteiger partial charge in [-0.1, -0.05) is 43.2 Å². The zero-order chi connectivity index (χ0) is 20.2. The van der Waals surface area contributed by atoms with Crippen LogP contribution in [0.1, 0.15) is 50.4 Å². The van der Waals surface area contributed by atoms with Crippen LogP contribution in [-0.2, 0) is 17.7 Å².